The molecule has 1 unspecified atom stereocenters. The number of aliphatic hydroxyl groups is 1. The fraction of sp³-hybridized carbons (Fsp3) is 0.467. The molecule has 1 aromatic rings. The number of hydrogen-bond donors (Lipinski definition) is 1. The lowest BCUT2D eigenvalue weighted by Gasteiger charge is -2.40. The van der Waals surface area contributed by atoms with Gasteiger partial charge >= 0.3 is 5.97 Å². The Morgan fingerprint density at radius 2 is 2.00 bits per heavy atom. The third-order valence-corrected chi connectivity index (χ3v) is 6.36. The van der Waals surface area contributed by atoms with Crippen molar-refractivity contribution in [2.24, 2.45) is 0 Å². The summed E-state index contributed by atoms with van der Waals surface area (Å²) in [5, 5.41) is 8.85. The summed E-state index contributed by atoms with van der Waals surface area (Å²) in [5.41, 5.74) is 0.833. The van der Waals surface area contributed by atoms with Gasteiger partial charge in [-0.05, 0) is 19.4 Å². The van der Waals surface area contributed by atoms with Crippen molar-refractivity contribution in [2.75, 3.05) is 0 Å². The van der Waals surface area contributed by atoms with Crippen molar-refractivity contribution in [3.63, 3.8) is 0 Å². The van der Waals surface area contributed by atoms with Crippen molar-refractivity contribution in [3.8, 4) is 0 Å². The molecular formula is C15H17NO5S. The third-order valence-electron chi connectivity index (χ3n) is 4.17. The van der Waals surface area contributed by atoms with Crippen LogP contribution < -0.4 is 0 Å². The van der Waals surface area contributed by atoms with Gasteiger partial charge in [0, 0.05) is 0 Å². The number of nitrogens with zero attached hydrogens (tertiary/aromatic N) is 1. The van der Waals surface area contributed by atoms with Crippen LogP contribution in [0.4, 0.5) is 0 Å². The molecule has 1 N–H and O–H groups in total. The van der Waals surface area contributed by atoms with Crippen molar-refractivity contribution < 1.29 is 23.6 Å². The van der Waals surface area contributed by atoms with E-state index in [0.717, 1.165) is 5.56 Å². The van der Waals surface area contributed by atoms with Crippen molar-refractivity contribution in [2.45, 2.75) is 42.7 Å². The lowest BCUT2D eigenvalue weighted by atomic mass is 9.97. The lowest BCUT2D eigenvalue weighted by Crippen LogP contribution is -2.66. The molecule has 2 aliphatic rings. The molecule has 0 aromatic heterocycles. The summed E-state index contributed by atoms with van der Waals surface area (Å²) in [5.74, 6) is -1.16. The van der Waals surface area contributed by atoms with E-state index < -0.39 is 44.9 Å². The normalized spacial score (nSPS) is 32.3. The summed E-state index contributed by atoms with van der Waals surface area (Å²) < 4.78 is 16.7. The van der Waals surface area contributed by atoms with E-state index in [-0.39, 0.29) is 6.61 Å². The summed E-state index contributed by atoms with van der Waals surface area (Å²) in [6.45, 7) is 3.39. The first-order chi connectivity index (χ1) is 10.4. The van der Waals surface area contributed by atoms with Crippen molar-refractivity contribution in [1.29, 1.82) is 0 Å². The third kappa shape index (κ3) is 2.07. The van der Waals surface area contributed by atoms with Gasteiger partial charge in [-0.25, -0.2) is 4.79 Å². The largest absolute Gasteiger partial charge is 0.459 e. The summed E-state index contributed by atoms with van der Waals surface area (Å²) in [7, 11) is -1.52. The van der Waals surface area contributed by atoms with E-state index in [1.807, 2.05) is 30.3 Å². The molecule has 2 fully saturated rings. The summed E-state index contributed by atoms with van der Waals surface area (Å²) in [6.07, 6.45) is -1.29. The van der Waals surface area contributed by atoms with Gasteiger partial charge in [0.1, 0.15) is 18.0 Å². The van der Waals surface area contributed by atoms with Crippen LogP contribution in [0.5, 0.6) is 0 Å². The van der Waals surface area contributed by atoms with Crippen LogP contribution in [0.3, 0.4) is 0 Å². The van der Waals surface area contributed by atoms with Gasteiger partial charge in [-0.1, -0.05) is 30.3 Å². The zero-order valence-corrected chi connectivity index (χ0v) is 13.1. The van der Waals surface area contributed by atoms with Crippen LogP contribution in [0, 0.1) is 0 Å². The number of β-lactam (4-membered cyclic amide) rings is 1. The molecule has 2 aliphatic heterocycles. The summed E-state index contributed by atoms with van der Waals surface area (Å²) >= 11 is 0. The van der Waals surface area contributed by atoms with Crippen molar-refractivity contribution in [3.05, 3.63) is 35.9 Å². The van der Waals surface area contributed by atoms with Crippen LogP contribution in [-0.4, -0.2) is 48.4 Å². The Kier molecular flexibility index (Phi) is 3.57. The topological polar surface area (TPSA) is 83.9 Å². The van der Waals surface area contributed by atoms with E-state index in [1.165, 1.54) is 4.90 Å². The Labute approximate surface area is 130 Å². The maximum absolute atomic E-state index is 12.4. The fourth-order valence-corrected chi connectivity index (χ4v) is 4.76. The molecule has 118 valence electrons. The van der Waals surface area contributed by atoms with E-state index in [2.05, 4.69) is 0 Å². The smallest absolute Gasteiger partial charge is 0.330 e. The second-order valence-electron chi connectivity index (χ2n) is 5.98. The minimum Gasteiger partial charge on any atom is -0.459 e. The van der Waals surface area contributed by atoms with Crippen molar-refractivity contribution in [1.82, 2.24) is 4.90 Å². The standard InChI is InChI=1S/C15H17NO5S/c1-15(2)11(16-12(18)10(17)13(16)22(15)20)14(19)21-8-9-6-4-3-5-7-9/h3-7,10-11,13,17H,8H2,1-2H3/t10-,11-,13+,22?/m0/s1. The van der Waals surface area contributed by atoms with Crippen LogP contribution >= 0.6 is 0 Å². The number of esters is 1. The fourth-order valence-electron chi connectivity index (χ4n) is 2.93. The van der Waals surface area contributed by atoms with Crippen molar-refractivity contribution >= 4 is 22.7 Å². The number of amides is 1. The van der Waals surface area contributed by atoms with E-state index in [0.29, 0.717) is 0 Å². The average Bonchev–Trinajstić information content (AvgIpc) is 2.70. The molecule has 0 saturated carbocycles. The highest BCUT2D eigenvalue weighted by Gasteiger charge is 2.67. The molecule has 2 saturated heterocycles. The SMILES string of the molecule is CC1(C)[C@H](C(=O)OCc2ccccc2)N2C(=O)[C@H](O)[C@H]2S1=O. The maximum atomic E-state index is 12.4. The number of benzene rings is 1. The number of ether oxygens (including phenoxy) is 1. The highest BCUT2D eigenvalue weighted by molar-refractivity contribution is 7.87. The molecule has 4 atom stereocenters. The van der Waals surface area contributed by atoms with E-state index in [9.17, 15) is 18.9 Å². The van der Waals surface area contributed by atoms with Crippen LogP contribution in [0.25, 0.3) is 0 Å². The molecule has 22 heavy (non-hydrogen) atoms. The Morgan fingerprint density at radius 3 is 2.64 bits per heavy atom. The number of rotatable bonds is 3. The number of aliphatic hydroxyl groups excluding tert-OH is 1. The minimum atomic E-state index is -1.52. The highest BCUT2D eigenvalue weighted by Crippen LogP contribution is 2.43. The summed E-state index contributed by atoms with van der Waals surface area (Å²) in [6, 6.07) is 8.25. The molecule has 3 rings (SSSR count). The van der Waals surface area contributed by atoms with Gasteiger partial charge in [-0.3, -0.25) is 9.00 Å². The molecule has 0 bridgehead atoms. The molecule has 7 heteroatoms. The zero-order valence-electron chi connectivity index (χ0n) is 12.3. The Morgan fingerprint density at radius 1 is 1.36 bits per heavy atom. The summed E-state index contributed by atoms with van der Waals surface area (Å²) in [4.78, 5) is 25.4. The number of hydrogen-bond acceptors (Lipinski definition) is 5. The number of carbonyl (C=O) groups excluding carboxylic acids is 2. The average molecular weight is 323 g/mol. The molecule has 1 amide bonds. The van der Waals surface area contributed by atoms with Crippen LogP contribution in [0.15, 0.2) is 30.3 Å². The first kappa shape index (κ1) is 15.2. The van der Waals surface area contributed by atoms with Gasteiger partial charge in [-0.2, -0.15) is 0 Å². The first-order valence-electron chi connectivity index (χ1n) is 6.97. The quantitative estimate of drug-likeness (QED) is 0.633. The van der Waals surface area contributed by atoms with E-state index >= 15 is 0 Å². The van der Waals surface area contributed by atoms with Gasteiger partial charge in [0.05, 0.1) is 15.5 Å². The molecular weight excluding hydrogens is 306 g/mol. The molecule has 1 aromatic carbocycles. The van der Waals surface area contributed by atoms with Crippen LogP contribution in [0.1, 0.15) is 19.4 Å². The Bertz CT molecular complexity index is 645. The molecule has 0 radical (unpaired) electrons. The van der Waals surface area contributed by atoms with Crippen LogP contribution in [-0.2, 0) is 31.7 Å². The molecule has 6 nitrogen and oxygen atoms in total. The predicted molar refractivity (Wildman–Crippen MR) is 78.9 cm³/mol. The van der Waals surface area contributed by atoms with Gasteiger partial charge in [0.2, 0.25) is 0 Å². The zero-order chi connectivity index (χ0) is 16.1. The molecule has 0 aliphatic carbocycles. The van der Waals surface area contributed by atoms with Crippen LogP contribution in [0.2, 0.25) is 0 Å². The van der Waals surface area contributed by atoms with E-state index in [1.54, 1.807) is 13.8 Å². The number of fused-ring (bicyclic) bond motifs is 1. The van der Waals surface area contributed by atoms with Gasteiger partial charge < -0.3 is 14.7 Å². The minimum absolute atomic E-state index is 0.0914. The first-order valence-corrected chi connectivity index (χ1v) is 8.18. The second kappa shape index (κ2) is 5.17. The van der Waals surface area contributed by atoms with Gasteiger partial charge in [0.25, 0.3) is 5.91 Å². The van der Waals surface area contributed by atoms with E-state index in [4.69, 9.17) is 4.74 Å². The number of carbonyl (C=O) groups is 2. The lowest BCUT2D eigenvalue weighted by molar-refractivity contribution is -0.172. The molecule has 2 heterocycles. The maximum Gasteiger partial charge on any atom is 0.330 e. The monoisotopic (exact) mass is 323 g/mol. The van der Waals surface area contributed by atoms with Gasteiger partial charge in [-0.15, -0.1) is 0 Å². The Balaban J connectivity index is 1.77. The molecule has 0 spiro atoms. The highest BCUT2D eigenvalue weighted by atomic mass is 32.2. The predicted octanol–water partition coefficient (Wildman–Crippen LogP) is 0.168. The second-order valence-corrected chi connectivity index (χ2v) is 8.11. The Hall–Kier alpha value is -1.73. The van der Waals surface area contributed by atoms with Gasteiger partial charge in [0.15, 0.2) is 6.10 Å².